The quantitative estimate of drug-likeness (QED) is 0.805. The minimum absolute atomic E-state index is 0.105. The Hall–Kier alpha value is -2.38. The monoisotopic (exact) mass is 374 g/mol. The van der Waals surface area contributed by atoms with E-state index < -0.39 is 15.9 Å². The standard InChI is InChI=1S/C19H22N2O4S/c22-17-10-8-16(9-11-17)20-19(23)15-6-5-7-18(14-15)26(24,25)21-12-3-1-2-4-13-21/h5-11,14,22H,1-4,12-13H2,(H,20,23). The van der Waals surface area contributed by atoms with Crippen molar-refractivity contribution < 1.29 is 18.3 Å². The first-order valence-corrected chi connectivity index (χ1v) is 10.1. The summed E-state index contributed by atoms with van der Waals surface area (Å²) < 4.78 is 27.3. The highest BCUT2D eigenvalue weighted by molar-refractivity contribution is 7.89. The summed E-state index contributed by atoms with van der Waals surface area (Å²) >= 11 is 0. The number of benzene rings is 2. The van der Waals surface area contributed by atoms with E-state index in [1.165, 1.54) is 28.6 Å². The second kappa shape index (κ2) is 7.88. The van der Waals surface area contributed by atoms with Crippen molar-refractivity contribution in [3.05, 3.63) is 54.1 Å². The molecule has 3 rings (SSSR count). The molecule has 1 aliphatic rings. The van der Waals surface area contributed by atoms with E-state index in [-0.39, 0.29) is 16.2 Å². The molecule has 7 heteroatoms. The lowest BCUT2D eigenvalue weighted by Crippen LogP contribution is -2.32. The molecule has 6 nitrogen and oxygen atoms in total. The van der Waals surface area contributed by atoms with Crippen LogP contribution in [0.5, 0.6) is 5.75 Å². The maximum Gasteiger partial charge on any atom is 0.255 e. The highest BCUT2D eigenvalue weighted by Gasteiger charge is 2.25. The van der Waals surface area contributed by atoms with Gasteiger partial charge in [-0.25, -0.2) is 8.42 Å². The number of sulfonamides is 1. The number of nitrogens with zero attached hydrogens (tertiary/aromatic N) is 1. The third-order valence-electron chi connectivity index (χ3n) is 4.42. The molecule has 2 aromatic carbocycles. The molecule has 26 heavy (non-hydrogen) atoms. The third kappa shape index (κ3) is 4.23. The molecule has 2 N–H and O–H groups in total. The van der Waals surface area contributed by atoms with Crippen molar-refractivity contribution in [3.8, 4) is 5.75 Å². The van der Waals surface area contributed by atoms with Crippen LogP contribution in [0.2, 0.25) is 0 Å². The largest absolute Gasteiger partial charge is 0.508 e. The summed E-state index contributed by atoms with van der Waals surface area (Å²) in [6.07, 6.45) is 3.81. The van der Waals surface area contributed by atoms with Crippen molar-refractivity contribution in [2.45, 2.75) is 30.6 Å². The van der Waals surface area contributed by atoms with E-state index >= 15 is 0 Å². The van der Waals surface area contributed by atoms with E-state index in [0.717, 1.165) is 25.7 Å². The Balaban J connectivity index is 1.80. The molecule has 0 aliphatic carbocycles. The van der Waals surface area contributed by atoms with E-state index in [0.29, 0.717) is 18.8 Å². The van der Waals surface area contributed by atoms with Crippen LogP contribution in [-0.4, -0.2) is 36.8 Å². The molecular weight excluding hydrogens is 352 g/mol. The van der Waals surface area contributed by atoms with Gasteiger partial charge < -0.3 is 10.4 Å². The predicted octanol–water partition coefficient (Wildman–Crippen LogP) is 3.21. The van der Waals surface area contributed by atoms with Gasteiger partial charge >= 0.3 is 0 Å². The Morgan fingerprint density at radius 1 is 0.962 bits per heavy atom. The fraction of sp³-hybridized carbons (Fsp3) is 0.316. The number of hydrogen-bond donors (Lipinski definition) is 2. The molecule has 0 bridgehead atoms. The van der Waals surface area contributed by atoms with Crippen LogP contribution in [-0.2, 0) is 10.0 Å². The average molecular weight is 374 g/mol. The summed E-state index contributed by atoms with van der Waals surface area (Å²) in [5, 5.41) is 12.0. The molecule has 0 aromatic heterocycles. The molecule has 0 spiro atoms. The topological polar surface area (TPSA) is 86.7 Å². The Morgan fingerprint density at radius 3 is 2.27 bits per heavy atom. The number of rotatable bonds is 4. The highest BCUT2D eigenvalue weighted by Crippen LogP contribution is 2.22. The number of amides is 1. The Bertz CT molecular complexity index is 871. The van der Waals surface area contributed by atoms with Gasteiger partial charge in [-0.3, -0.25) is 4.79 Å². The SMILES string of the molecule is O=C(Nc1ccc(O)cc1)c1cccc(S(=O)(=O)N2CCCCCC2)c1. The number of aromatic hydroxyl groups is 1. The molecule has 0 unspecified atom stereocenters. The van der Waals surface area contributed by atoms with Crippen LogP contribution in [0.1, 0.15) is 36.0 Å². The van der Waals surface area contributed by atoms with Crippen LogP contribution in [0.3, 0.4) is 0 Å². The zero-order valence-corrected chi connectivity index (χ0v) is 15.2. The number of anilines is 1. The first-order chi connectivity index (χ1) is 12.5. The highest BCUT2D eigenvalue weighted by atomic mass is 32.2. The molecule has 1 heterocycles. The average Bonchev–Trinajstić information content (AvgIpc) is 2.94. The molecule has 1 aliphatic heterocycles. The first-order valence-electron chi connectivity index (χ1n) is 8.67. The smallest absolute Gasteiger partial charge is 0.255 e. The molecule has 138 valence electrons. The van der Waals surface area contributed by atoms with Crippen LogP contribution < -0.4 is 5.32 Å². The Kier molecular flexibility index (Phi) is 5.58. The zero-order valence-electron chi connectivity index (χ0n) is 14.4. The maximum atomic E-state index is 12.9. The lowest BCUT2D eigenvalue weighted by molar-refractivity contribution is 0.102. The number of phenolic OH excluding ortho intramolecular Hbond substituents is 1. The van der Waals surface area contributed by atoms with Gasteiger partial charge in [0.2, 0.25) is 10.0 Å². The van der Waals surface area contributed by atoms with Crippen LogP contribution in [0.25, 0.3) is 0 Å². The van der Waals surface area contributed by atoms with Crippen LogP contribution in [0, 0.1) is 0 Å². The normalized spacial score (nSPS) is 16.0. The van der Waals surface area contributed by atoms with Crippen molar-refractivity contribution in [3.63, 3.8) is 0 Å². The predicted molar refractivity (Wildman–Crippen MR) is 99.7 cm³/mol. The molecule has 0 radical (unpaired) electrons. The second-order valence-electron chi connectivity index (χ2n) is 6.35. The molecule has 0 saturated carbocycles. The van der Waals surface area contributed by atoms with Crippen LogP contribution in [0.15, 0.2) is 53.4 Å². The van der Waals surface area contributed by atoms with Gasteiger partial charge in [0, 0.05) is 24.3 Å². The van der Waals surface area contributed by atoms with Gasteiger partial charge in [0.05, 0.1) is 4.90 Å². The summed E-state index contributed by atoms with van der Waals surface area (Å²) in [6.45, 7) is 1.04. The van der Waals surface area contributed by atoms with Crippen molar-refractivity contribution in [2.24, 2.45) is 0 Å². The minimum atomic E-state index is -3.60. The minimum Gasteiger partial charge on any atom is -0.508 e. The summed E-state index contributed by atoms with van der Waals surface area (Å²) in [7, 11) is -3.60. The number of carbonyl (C=O) groups excluding carboxylic acids is 1. The van der Waals surface area contributed by atoms with Crippen molar-refractivity contribution in [1.82, 2.24) is 4.31 Å². The molecule has 0 atom stereocenters. The number of carbonyl (C=O) groups is 1. The fourth-order valence-corrected chi connectivity index (χ4v) is 4.54. The summed E-state index contributed by atoms with van der Waals surface area (Å²) in [4.78, 5) is 12.6. The first kappa shape index (κ1) is 18.4. The second-order valence-corrected chi connectivity index (χ2v) is 8.29. The Labute approximate surface area is 153 Å². The third-order valence-corrected chi connectivity index (χ3v) is 6.32. The van der Waals surface area contributed by atoms with Gasteiger partial charge in [-0.15, -0.1) is 0 Å². The molecule has 2 aromatic rings. The molecular formula is C19H22N2O4S. The van der Waals surface area contributed by atoms with E-state index in [1.807, 2.05) is 0 Å². The van der Waals surface area contributed by atoms with E-state index in [4.69, 9.17) is 0 Å². The van der Waals surface area contributed by atoms with Crippen LogP contribution in [0.4, 0.5) is 5.69 Å². The van der Waals surface area contributed by atoms with E-state index in [9.17, 15) is 18.3 Å². The van der Waals surface area contributed by atoms with Crippen molar-refractivity contribution >= 4 is 21.6 Å². The van der Waals surface area contributed by atoms with Gasteiger partial charge in [0.1, 0.15) is 5.75 Å². The molecule has 1 saturated heterocycles. The fourth-order valence-electron chi connectivity index (χ4n) is 2.98. The molecule has 1 fully saturated rings. The summed E-state index contributed by atoms with van der Waals surface area (Å²) in [5.41, 5.74) is 0.794. The number of phenols is 1. The molecule has 1 amide bonds. The summed E-state index contributed by atoms with van der Waals surface area (Å²) in [5.74, 6) is -0.294. The maximum absolute atomic E-state index is 12.9. The van der Waals surface area contributed by atoms with Gasteiger partial charge in [-0.1, -0.05) is 18.9 Å². The number of nitrogens with one attached hydrogen (secondary N) is 1. The lowest BCUT2D eigenvalue weighted by atomic mass is 10.2. The van der Waals surface area contributed by atoms with E-state index in [1.54, 1.807) is 24.3 Å². The van der Waals surface area contributed by atoms with Gasteiger partial charge in [-0.05, 0) is 55.3 Å². The van der Waals surface area contributed by atoms with Gasteiger partial charge in [0.25, 0.3) is 5.91 Å². The zero-order chi connectivity index (χ0) is 18.6. The van der Waals surface area contributed by atoms with Crippen molar-refractivity contribution in [1.29, 1.82) is 0 Å². The van der Waals surface area contributed by atoms with Crippen molar-refractivity contribution in [2.75, 3.05) is 18.4 Å². The summed E-state index contributed by atoms with van der Waals surface area (Å²) in [6, 6.07) is 12.2. The van der Waals surface area contributed by atoms with Crippen LogP contribution >= 0.6 is 0 Å². The van der Waals surface area contributed by atoms with Gasteiger partial charge in [-0.2, -0.15) is 4.31 Å². The number of hydrogen-bond acceptors (Lipinski definition) is 4. The van der Waals surface area contributed by atoms with Gasteiger partial charge in [0.15, 0.2) is 0 Å². The van der Waals surface area contributed by atoms with E-state index in [2.05, 4.69) is 5.32 Å². The Morgan fingerprint density at radius 2 is 1.62 bits per heavy atom. The lowest BCUT2D eigenvalue weighted by Gasteiger charge is -2.20.